The molecule has 0 atom stereocenters. The molecule has 3 aromatic rings. The Morgan fingerprint density at radius 2 is 1.79 bits per heavy atom. The van der Waals surface area contributed by atoms with E-state index in [1.807, 2.05) is 69.5 Å². The van der Waals surface area contributed by atoms with Gasteiger partial charge in [0.2, 0.25) is 0 Å². The molecule has 0 aliphatic heterocycles. The van der Waals surface area contributed by atoms with E-state index in [-0.39, 0.29) is 18.6 Å². The summed E-state index contributed by atoms with van der Waals surface area (Å²) in [5.41, 5.74) is 3.58. The summed E-state index contributed by atoms with van der Waals surface area (Å²) >= 11 is 7.52. The average molecular weight is 431 g/mol. The second-order valence-corrected chi connectivity index (χ2v) is 8.17. The predicted molar refractivity (Wildman–Crippen MR) is 118 cm³/mol. The van der Waals surface area contributed by atoms with Gasteiger partial charge in [0.15, 0.2) is 11.7 Å². The molecule has 0 unspecified atom stereocenters. The number of benzene rings is 2. The lowest BCUT2D eigenvalue weighted by Crippen LogP contribution is -2.20. The highest BCUT2D eigenvalue weighted by Gasteiger charge is 2.10. The van der Waals surface area contributed by atoms with Crippen molar-refractivity contribution in [1.82, 2.24) is 4.98 Å². The fourth-order valence-corrected chi connectivity index (χ4v) is 3.58. The maximum Gasteiger partial charge on any atom is 0.264 e. The topological polar surface area (TPSA) is 60.5 Å². The van der Waals surface area contributed by atoms with Crippen molar-refractivity contribution in [3.05, 3.63) is 57.9 Å². The molecule has 0 saturated carbocycles. The number of amides is 1. The van der Waals surface area contributed by atoms with Crippen molar-refractivity contribution in [1.29, 1.82) is 0 Å². The molecule has 0 fully saturated rings. The van der Waals surface area contributed by atoms with Gasteiger partial charge in [-0.1, -0.05) is 11.6 Å². The Balaban J connectivity index is 1.57. The summed E-state index contributed by atoms with van der Waals surface area (Å²) in [4.78, 5) is 16.7. The van der Waals surface area contributed by atoms with E-state index in [1.54, 1.807) is 0 Å². The van der Waals surface area contributed by atoms with Gasteiger partial charge in [-0.25, -0.2) is 4.98 Å². The summed E-state index contributed by atoms with van der Waals surface area (Å²) in [6.07, 6.45) is 0.129. The molecular formula is C22H23ClN2O3S. The third-order valence-corrected chi connectivity index (χ3v) is 5.41. The van der Waals surface area contributed by atoms with Crippen LogP contribution in [0.15, 0.2) is 41.8 Å². The van der Waals surface area contributed by atoms with Crippen molar-refractivity contribution in [3.63, 3.8) is 0 Å². The first-order chi connectivity index (χ1) is 13.8. The minimum atomic E-state index is -0.267. The largest absolute Gasteiger partial charge is 0.491 e. The van der Waals surface area contributed by atoms with Crippen molar-refractivity contribution >= 4 is 34.0 Å². The molecule has 5 nitrogen and oxygen atoms in total. The zero-order valence-corrected chi connectivity index (χ0v) is 18.4. The van der Waals surface area contributed by atoms with Crippen LogP contribution in [0.4, 0.5) is 5.13 Å². The minimum Gasteiger partial charge on any atom is -0.491 e. The Morgan fingerprint density at radius 3 is 2.41 bits per heavy atom. The van der Waals surface area contributed by atoms with Gasteiger partial charge in [-0.3, -0.25) is 10.1 Å². The molecule has 1 aromatic heterocycles. The first-order valence-corrected chi connectivity index (χ1v) is 10.5. The zero-order valence-electron chi connectivity index (χ0n) is 16.8. The van der Waals surface area contributed by atoms with Crippen LogP contribution in [0.3, 0.4) is 0 Å². The number of aryl methyl sites for hydroxylation is 2. The first-order valence-electron chi connectivity index (χ1n) is 9.24. The number of nitrogens with zero attached hydrogens (tertiary/aromatic N) is 1. The number of halogens is 1. The number of aromatic nitrogens is 1. The minimum absolute atomic E-state index is 0.101. The molecule has 0 bridgehead atoms. The number of nitrogens with one attached hydrogen (secondary N) is 1. The van der Waals surface area contributed by atoms with E-state index in [4.69, 9.17) is 21.1 Å². The van der Waals surface area contributed by atoms with Crippen LogP contribution in [0.2, 0.25) is 5.02 Å². The summed E-state index contributed by atoms with van der Waals surface area (Å²) < 4.78 is 11.2. The monoisotopic (exact) mass is 430 g/mol. The molecule has 2 aromatic carbocycles. The standard InChI is InChI=1S/C22H23ClN2O3S/c1-13(2)28-17-7-5-16(6-8-17)19-12-29-22(24-19)25-20(26)11-27-18-9-14(3)21(23)15(4)10-18/h5-10,12-13H,11H2,1-4H3,(H,24,25,26). The quantitative estimate of drug-likeness (QED) is 0.508. The maximum absolute atomic E-state index is 12.2. The van der Waals surface area contributed by atoms with Gasteiger partial charge < -0.3 is 9.47 Å². The summed E-state index contributed by atoms with van der Waals surface area (Å²) in [5.74, 6) is 1.16. The van der Waals surface area contributed by atoms with E-state index < -0.39 is 0 Å². The van der Waals surface area contributed by atoms with Crippen LogP contribution in [0.5, 0.6) is 11.5 Å². The number of anilines is 1. The molecule has 0 radical (unpaired) electrons. The van der Waals surface area contributed by atoms with Gasteiger partial charge in [-0.2, -0.15) is 0 Å². The molecule has 29 heavy (non-hydrogen) atoms. The number of carbonyl (C=O) groups excluding carboxylic acids is 1. The predicted octanol–water partition coefficient (Wildman–Crippen LogP) is 5.89. The average Bonchev–Trinajstić information content (AvgIpc) is 3.13. The molecule has 1 N–H and O–H groups in total. The van der Waals surface area contributed by atoms with Gasteiger partial charge in [-0.15, -0.1) is 11.3 Å². The fourth-order valence-electron chi connectivity index (χ4n) is 2.73. The normalized spacial score (nSPS) is 10.8. The lowest BCUT2D eigenvalue weighted by atomic mass is 10.1. The second kappa shape index (κ2) is 9.29. The number of hydrogen-bond donors (Lipinski definition) is 1. The van der Waals surface area contributed by atoms with E-state index >= 15 is 0 Å². The number of carbonyl (C=O) groups is 1. The summed E-state index contributed by atoms with van der Waals surface area (Å²) in [5, 5.41) is 5.91. The zero-order chi connectivity index (χ0) is 21.0. The summed E-state index contributed by atoms with van der Waals surface area (Å²) in [6.45, 7) is 7.68. The Kier molecular flexibility index (Phi) is 6.77. The summed E-state index contributed by atoms with van der Waals surface area (Å²) in [7, 11) is 0. The lowest BCUT2D eigenvalue weighted by Gasteiger charge is -2.09. The molecule has 3 rings (SSSR count). The van der Waals surface area contributed by atoms with Crippen molar-refractivity contribution in [2.75, 3.05) is 11.9 Å². The van der Waals surface area contributed by atoms with Gasteiger partial charge in [0.05, 0.1) is 11.8 Å². The van der Waals surface area contributed by atoms with Crippen LogP contribution in [0.1, 0.15) is 25.0 Å². The molecule has 1 amide bonds. The highest BCUT2D eigenvalue weighted by atomic mass is 35.5. The number of rotatable bonds is 7. The van der Waals surface area contributed by atoms with E-state index in [0.717, 1.165) is 28.1 Å². The van der Waals surface area contributed by atoms with E-state index in [1.165, 1.54) is 11.3 Å². The van der Waals surface area contributed by atoms with Crippen molar-refractivity contribution < 1.29 is 14.3 Å². The molecule has 0 spiro atoms. The molecule has 0 saturated heterocycles. The van der Waals surface area contributed by atoms with Crippen LogP contribution in [-0.2, 0) is 4.79 Å². The van der Waals surface area contributed by atoms with E-state index in [0.29, 0.717) is 15.9 Å². The number of ether oxygens (including phenoxy) is 2. The van der Waals surface area contributed by atoms with E-state index in [2.05, 4.69) is 10.3 Å². The van der Waals surface area contributed by atoms with Crippen molar-refractivity contribution in [2.24, 2.45) is 0 Å². The molecule has 152 valence electrons. The van der Waals surface area contributed by atoms with Crippen LogP contribution in [0.25, 0.3) is 11.3 Å². The van der Waals surface area contributed by atoms with Gasteiger partial charge in [0.1, 0.15) is 11.5 Å². The fraction of sp³-hybridized carbons (Fsp3) is 0.273. The molecule has 1 heterocycles. The van der Waals surface area contributed by atoms with Crippen molar-refractivity contribution in [2.45, 2.75) is 33.8 Å². The highest BCUT2D eigenvalue weighted by molar-refractivity contribution is 7.14. The Bertz CT molecular complexity index is 977. The molecule has 7 heteroatoms. The van der Waals surface area contributed by atoms with Crippen LogP contribution in [-0.4, -0.2) is 23.6 Å². The highest BCUT2D eigenvalue weighted by Crippen LogP contribution is 2.28. The molecule has 0 aliphatic carbocycles. The number of thiazole rings is 1. The Labute approximate surface area is 179 Å². The van der Waals surface area contributed by atoms with Gasteiger partial charge in [-0.05, 0) is 75.2 Å². The summed E-state index contributed by atoms with van der Waals surface area (Å²) in [6, 6.07) is 11.4. The Hall–Kier alpha value is -2.57. The van der Waals surface area contributed by atoms with Crippen LogP contribution < -0.4 is 14.8 Å². The maximum atomic E-state index is 12.2. The number of hydrogen-bond acceptors (Lipinski definition) is 5. The smallest absolute Gasteiger partial charge is 0.264 e. The first kappa shape index (κ1) is 21.1. The lowest BCUT2D eigenvalue weighted by molar-refractivity contribution is -0.118. The molecule has 0 aliphatic rings. The van der Waals surface area contributed by atoms with E-state index in [9.17, 15) is 4.79 Å². The SMILES string of the molecule is Cc1cc(OCC(=O)Nc2nc(-c3ccc(OC(C)C)cc3)cs2)cc(C)c1Cl. The van der Waals surface area contributed by atoms with Crippen molar-refractivity contribution in [3.8, 4) is 22.8 Å². The molecular weight excluding hydrogens is 408 g/mol. The van der Waals surface area contributed by atoms with Gasteiger partial charge in [0, 0.05) is 16.0 Å². The third-order valence-electron chi connectivity index (χ3n) is 4.05. The van der Waals surface area contributed by atoms with Gasteiger partial charge in [0.25, 0.3) is 5.91 Å². The van der Waals surface area contributed by atoms with Crippen LogP contribution in [0, 0.1) is 13.8 Å². The second-order valence-electron chi connectivity index (χ2n) is 6.94. The van der Waals surface area contributed by atoms with Gasteiger partial charge >= 0.3 is 0 Å². The van der Waals surface area contributed by atoms with Crippen LogP contribution >= 0.6 is 22.9 Å². The third kappa shape index (κ3) is 5.71. The Morgan fingerprint density at radius 1 is 1.14 bits per heavy atom.